The van der Waals surface area contributed by atoms with Crippen molar-refractivity contribution in [1.29, 1.82) is 0 Å². The fourth-order valence-electron chi connectivity index (χ4n) is 1.88. The second-order valence-corrected chi connectivity index (χ2v) is 3.93. The van der Waals surface area contributed by atoms with Crippen LogP contribution in [0.15, 0.2) is 36.7 Å². The zero-order chi connectivity index (χ0) is 12.4. The van der Waals surface area contributed by atoms with Crippen LogP contribution in [0.1, 0.15) is 11.4 Å². The summed E-state index contributed by atoms with van der Waals surface area (Å²) < 4.78 is 5.17. The highest BCUT2D eigenvalue weighted by molar-refractivity contribution is 5.75. The molecule has 0 saturated heterocycles. The van der Waals surface area contributed by atoms with Crippen LogP contribution in [0.3, 0.4) is 0 Å². The molecule has 1 N–H and O–H groups in total. The molecule has 2 heterocycles. The molecule has 0 aliphatic carbocycles. The molecule has 0 saturated carbocycles. The number of benzene rings is 1. The second-order valence-electron chi connectivity index (χ2n) is 3.93. The summed E-state index contributed by atoms with van der Waals surface area (Å²) in [5.74, 6) is 1.38. The number of nitrogens with zero attached hydrogens (tertiary/aromatic N) is 3. The Labute approximate surface area is 104 Å². The van der Waals surface area contributed by atoms with Crippen molar-refractivity contribution in [2.45, 2.75) is 6.42 Å². The van der Waals surface area contributed by atoms with Crippen LogP contribution in [0.4, 0.5) is 0 Å². The van der Waals surface area contributed by atoms with E-state index in [1.807, 2.05) is 18.2 Å². The molecule has 0 unspecified atom stereocenters. The third-order valence-electron chi connectivity index (χ3n) is 2.71. The molecule has 3 rings (SSSR count). The van der Waals surface area contributed by atoms with E-state index >= 15 is 0 Å². The minimum absolute atomic E-state index is 0.520. The van der Waals surface area contributed by atoms with Gasteiger partial charge >= 0.3 is 0 Å². The fraction of sp³-hybridized carbons (Fsp3) is 0.154. The summed E-state index contributed by atoms with van der Waals surface area (Å²) in [6, 6.07) is 10.2. The van der Waals surface area contributed by atoms with Gasteiger partial charge in [0.25, 0.3) is 0 Å². The molecule has 5 nitrogen and oxygen atoms in total. The van der Waals surface area contributed by atoms with Crippen molar-refractivity contribution in [3.63, 3.8) is 0 Å². The molecule has 0 fully saturated rings. The van der Waals surface area contributed by atoms with E-state index in [0.717, 1.165) is 17.8 Å². The van der Waals surface area contributed by atoms with Crippen molar-refractivity contribution in [1.82, 2.24) is 19.9 Å². The molecule has 1 aromatic carbocycles. The highest BCUT2D eigenvalue weighted by atomic mass is 16.5. The number of hydrogen-bond acceptors (Lipinski definition) is 4. The molecule has 2 aromatic heterocycles. The van der Waals surface area contributed by atoms with E-state index in [4.69, 9.17) is 4.74 Å². The predicted molar refractivity (Wildman–Crippen MR) is 67.5 cm³/mol. The number of rotatable bonds is 3. The Balaban J connectivity index is 1.99. The average Bonchev–Trinajstić information content (AvgIpc) is 2.82. The van der Waals surface area contributed by atoms with Crippen LogP contribution in [0.5, 0.6) is 5.88 Å². The van der Waals surface area contributed by atoms with E-state index in [1.54, 1.807) is 7.11 Å². The molecule has 90 valence electrons. The van der Waals surface area contributed by atoms with Gasteiger partial charge < -0.3 is 9.72 Å². The number of H-pyrrole nitrogens is 1. The van der Waals surface area contributed by atoms with Gasteiger partial charge in [-0.1, -0.05) is 30.3 Å². The van der Waals surface area contributed by atoms with Gasteiger partial charge in [0.15, 0.2) is 5.65 Å². The Morgan fingerprint density at radius 1 is 1.17 bits per heavy atom. The lowest BCUT2D eigenvalue weighted by atomic mass is 10.1. The first-order chi connectivity index (χ1) is 8.86. The summed E-state index contributed by atoms with van der Waals surface area (Å²) in [6.45, 7) is 0. The quantitative estimate of drug-likeness (QED) is 0.760. The Hall–Kier alpha value is -2.43. The van der Waals surface area contributed by atoms with E-state index in [1.165, 1.54) is 11.9 Å². The predicted octanol–water partition coefficient (Wildman–Crippen LogP) is 1.95. The molecular formula is C13H12N4O. The minimum atomic E-state index is 0.520. The number of aromatic amines is 1. The summed E-state index contributed by atoms with van der Waals surface area (Å²) in [5.41, 5.74) is 2.57. The SMILES string of the molecule is COc1ncnc2nc(Cc3ccccc3)[nH]c12. The van der Waals surface area contributed by atoms with Gasteiger partial charge in [0.05, 0.1) is 7.11 Å². The number of hydrogen-bond donors (Lipinski definition) is 1. The zero-order valence-corrected chi connectivity index (χ0v) is 9.92. The number of imidazole rings is 1. The van der Waals surface area contributed by atoms with Crippen LogP contribution < -0.4 is 4.74 Å². The number of ether oxygens (including phenoxy) is 1. The molecule has 0 amide bonds. The van der Waals surface area contributed by atoms with Gasteiger partial charge in [0.2, 0.25) is 5.88 Å². The molecule has 0 bridgehead atoms. The maximum absolute atomic E-state index is 5.17. The minimum Gasteiger partial charge on any atom is -0.479 e. The van der Waals surface area contributed by atoms with Crippen LogP contribution in [-0.2, 0) is 6.42 Å². The van der Waals surface area contributed by atoms with Gasteiger partial charge in [-0.05, 0) is 5.56 Å². The summed E-state index contributed by atoms with van der Waals surface area (Å²) in [7, 11) is 1.58. The largest absolute Gasteiger partial charge is 0.479 e. The van der Waals surface area contributed by atoms with Crippen molar-refractivity contribution in [3.8, 4) is 5.88 Å². The van der Waals surface area contributed by atoms with Crippen LogP contribution in [-0.4, -0.2) is 27.0 Å². The number of fused-ring (bicyclic) bond motifs is 1. The maximum atomic E-state index is 5.17. The number of nitrogens with one attached hydrogen (secondary N) is 1. The Morgan fingerprint density at radius 3 is 2.78 bits per heavy atom. The van der Waals surface area contributed by atoms with Gasteiger partial charge in [0.1, 0.15) is 17.7 Å². The first-order valence-electron chi connectivity index (χ1n) is 5.64. The van der Waals surface area contributed by atoms with Crippen LogP contribution >= 0.6 is 0 Å². The van der Waals surface area contributed by atoms with Gasteiger partial charge in [-0.2, -0.15) is 4.98 Å². The van der Waals surface area contributed by atoms with Gasteiger partial charge in [-0.25, -0.2) is 9.97 Å². The van der Waals surface area contributed by atoms with Crippen molar-refractivity contribution < 1.29 is 4.74 Å². The van der Waals surface area contributed by atoms with Crippen molar-refractivity contribution >= 4 is 11.2 Å². The standard InChI is InChI=1S/C13H12N4O/c1-18-13-11-12(14-8-15-13)17-10(16-11)7-9-5-3-2-4-6-9/h2-6,8H,7H2,1H3,(H,14,15,16,17). The molecule has 0 radical (unpaired) electrons. The monoisotopic (exact) mass is 240 g/mol. The van der Waals surface area contributed by atoms with Crippen LogP contribution in [0.2, 0.25) is 0 Å². The third-order valence-corrected chi connectivity index (χ3v) is 2.71. The van der Waals surface area contributed by atoms with Gasteiger partial charge in [-0.3, -0.25) is 0 Å². The van der Waals surface area contributed by atoms with Crippen molar-refractivity contribution in [2.75, 3.05) is 7.11 Å². The second kappa shape index (κ2) is 4.44. The van der Waals surface area contributed by atoms with E-state index in [-0.39, 0.29) is 0 Å². The molecule has 3 aromatic rings. The summed E-state index contributed by atoms with van der Waals surface area (Å²) in [4.78, 5) is 15.8. The Kier molecular flexibility index (Phi) is 2.64. The molecular weight excluding hydrogens is 228 g/mol. The lowest BCUT2D eigenvalue weighted by Crippen LogP contribution is -1.90. The summed E-state index contributed by atoms with van der Waals surface area (Å²) in [5, 5.41) is 0. The van der Waals surface area contributed by atoms with Crippen LogP contribution in [0, 0.1) is 0 Å². The molecule has 0 aliphatic rings. The topological polar surface area (TPSA) is 63.7 Å². The smallest absolute Gasteiger partial charge is 0.242 e. The molecule has 0 atom stereocenters. The summed E-state index contributed by atoms with van der Waals surface area (Å²) in [6.07, 6.45) is 2.19. The third kappa shape index (κ3) is 1.90. The Morgan fingerprint density at radius 2 is 2.00 bits per heavy atom. The molecule has 18 heavy (non-hydrogen) atoms. The summed E-state index contributed by atoms with van der Waals surface area (Å²) >= 11 is 0. The number of aromatic nitrogens is 4. The first-order valence-corrected chi connectivity index (χ1v) is 5.64. The Bertz CT molecular complexity index is 663. The van der Waals surface area contributed by atoms with E-state index in [0.29, 0.717) is 11.5 Å². The molecule has 0 aliphatic heterocycles. The normalized spacial score (nSPS) is 10.7. The van der Waals surface area contributed by atoms with E-state index in [9.17, 15) is 0 Å². The van der Waals surface area contributed by atoms with Crippen molar-refractivity contribution in [3.05, 3.63) is 48.0 Å². The first kappa shape index (κ1) is 10.7. The van der Waals surface area contributed by atoms with Gasteiger partial charge in [-0.15, -0.1) is 0 Å². The average molecular weight is 240 g/mol. The van der Waals surface area contributed by atoms with Crippen molar-refractivity contribution in [2.24, 2.45) is 0 Å². The maximum Gasteiger partial charge on any atom is 0.242 e. The highest BCUT2D eigenvalue weighted by Crippen LogP contribution is 2.19. The highest BCUT2D eigenvalue weighted by Gasteiger charge is 2.09. The van der Waals surface area contributed by atoms with E-state index < -0.39 is 0 Å². The van der Waals surface area contributed by atoms with E-state index in [2.05, 4.69) is 32.1 Å². The lowest BCUT2D eigenvalue weighted by Gasteiger charge is -1.97. The lowest BCUT2D eigenvalue weighted by molar-refractivity contribution is 0.401. The number of methoxy groups -OCH3 is 1. The molecule has 0 spiro atoms. The van der Waals surface area contributed by atoms with Crippen LogP contribution in [0.25, 0.3) is 11.2 Å². The molecule has 5 heteroatoms. The zero-order valence-electron chi connectivity index (χ0n) is 9.92. The van der Waals surface area contributed by atoms with Gasteiger partial charge in [0, 0.05) is 6.42 Å². The fourth-order valence-corrected chi connectivity index (χ4v) is 1.88.